The van der Waals surface area contributed by atoms with Crippen molar-refractivity contribution in [2.45, 2.75) is 98.3 Å². The minimum Gasteiger partial charge on any atom is -1.00 e. The first-order chi connectivity index (χ1) is 9.74. The fraction of sp³-hybridized carbons (Fsp3) is 1.00. The standard InChI is InChI=1S/C19H42N.ClH/c1-5-9-13-14-15-19-20(16-10-6-2,17-11-7-3)18-12-8-4;/h5-19H2,1-4H3;1H/q+1;/p-1. The van der Waals surface area contributed by atoms with Gasteiger partial charge in [-0.1, -0.05) is 66.2 Å². The second kappa shape index (κ2) is 16.6. The normalized spacial score (nSPS) is 11.4. The van der Waals surface area contributed by atoms with E-state index in [0.717, 1.165) is 0 Å². The lowest BCUT2D eigenvalue weighted by atomic mass is 10.1. The van der Waals surface area contributed by atoms with Crippen LogP contribution in [0, 0.1) is 0 Å². The summed E-state index contributed by atoms with van der Waals surface area (Å²) >= 11 is 0. The zero-order valence-electron chi connectivity index (χ0n) is 15.4. The van der Waals surface area contributed by atoms with Crippen molar-refractivity contribution in [3.05, 3.63) is 0 Å². The third-order valence-electron chi connectivity index (χ3n) is 4.69. The molecule has 0 saturated heterocycles. The summed E-state index contributed by atoms with van der Waals surface area (Å²) in [5, 5.41) is 0. The van der Waals surface area contributed by atoms with Crippen LogP contribution in [0.15, 0.2) is 0 Å². The quantitative estimate of drug-likeness (QED) is 0.321. The highest BCUT2D eigenvalue weighted by atomic mass is 35.5. The largest absolute Gasteiger partial charge is 1.00 e. The highest BCUT2D eigenvalue weighted by Gasteiger charge is 2.24. The van der Waals surface area contributed by atoms with Gasteiger partial charge in [-0.15, -0.1) is 0 Å². The summed E-state index contributed by atoms with van der Waals surface area (Å²) < 4.78 is 1.43. The molecule has 0 spiro atoms. The van der Waals surface area contributed by atoms with Gasteiger partial charge in [0.2, 0.25) is 0 Å². The molecule has 0 bridgehead atoms. The molecule has 0 N–H and O–H groups in total. The molecule has 0 aliphatic carbocycles. The molecule has 0 rings (SSSR count). The number of rotatable bonds is 15. The van der Waals surface area contributed by atoms with Crippen molar-refractivity contribution in [3.63, 3.8) is 0 Å². The monoisotopic (exact) mass is 319 g/mol. The van der Waals surface area contributed by atoms with Crippen molar-refractivity contribution in [1.29, 1.82) is 0 Å². The minimum atomic E-state index is 0. The first-order valence-corrected chi connectivity index (χ1v) is 9.59. The molecule has 0 aliphatic heterocycles. The Hall–Kier alpha value is 0.250. The fourth-order valence-corrected chi connectivity index (χ4v) is 3.20. The van der Waals surface area contributed by atoms with Crippen LogP contribution in [0.4, 0.5) is 0 Å². The summed E-state index contributed by atoms with van der Waals surface area (Å²) in [5.74, 6) is 0. The molecule has 0 radical (unpaired) electrons. The molecule has 0 fully saturated rings. The molecule has 2 heteroatoms. The van der Waals surface area contributed by atoms with Crippen LogP contribution in [0.1, 0.15) is 98.3 Å². The van der Waals surface area contributed by atoms with Crippen LogP contribution in [-0.2, 0) is 0 Å². The zero-order valence-corrected chi connectivity index (χ0v) is 16.2. The van der Waals surface area contributed by atoms with E-state index < -0.39 is 0 Å². The van der Waals surface area contributed by atoms with Crippen LogP contribution >= 0.6 is 0 Å². The second-order valence-electron chi connectivity index (χ2n) is 6.71. The molecule has 1 nitrogen and oxygen atoms in total. The van der Waals surface area contributed by atoms with Crippen molar-refractivity contribution in [3.8, 4) is 0 Å². The van der Waals surface area contributed by atoms with E-state index in [1.165, 1.54) is 101 Å². The molecule has 21 heavy (non-hydrogen) atoms. The Morgan fingerprint density at radius 2 is 0.762 bits per heavy atom. The van der Waals surface area contributed by atoms with Crippen LogP contribution in [0.3, 0.4) is 0 Å². The maximum absolute atomic E-state index is 2.34. The van der Waals surface area contributed by atoms with E-state index >= 15 is 0 Å². The van der Waals surface area contributed by atoms with Crippen LogP contribution in [0.2, 0.25) is 0 Å². The van der Waals surface area contributed by atoms with E-state index in [1.807, 2.05) is 0 Å². The van der Waals surface area contributed by atoms with Crippen LogP contribution in [0.25, 0.3) is 0 Å². The average Bonchev–Trinajstić information content (AvgIpc) is 2.48. The summed E-state index contributed by atoms with van der Waals surface area (Å²) in [6.07, 6.45) is 15.5. The van der Waals surface area contributed by atoms with Crippen molar-refractivity contribution < 1.29 is 16.9 Å². The number of unbranched alkanes of at least 4 members (excludes halogenated alkanes) is 7. The summed E-state index contributed by atoms with van der Waals surface area (Å²) in [6, 6.07) is 0. The molecule has 130 valence electrons. The molecule has 0 aromatic heterocycles. The van der Waals surface area contributed by atoms with Gasteiger partial charge in [-0.2, -0.15) is 0 Å². The first-order valence-electron chi connectivity index (χ1n) is 9.59. The smallest absolute Gasteiger partial charge is 0.0786 e. The lowest BCUT2D eigenvalue weighted by Crippen LogP contribution is -3.00. The van der Waals surface area contributed by atoms with Crippen LogP contribution in [0.5, 0.6) is 0 Å². The minimum absolute atomic E-state index is 0. The molecule has 0 unspecified atom stereocenters. The number of hydrogen-bond acceptors (Lipinski definition) is 0. The summed E-state index contributed by atoms with van der Waals surface area (Å²) in [7, 11) is 0. The number of quaternary nitrogens is 1. The molecule has 0 atom stereocenters. The van der Waals surface area contributed by atoms with Crippen LogP contribution < -0.4 is 12.4 Å². The van der Waals surface area contributed by atoms with Crippen molar-refractivity contribution >= 4 is 0 Å². The van der Waals surface area contributed by atoms with E-state index in [0.29, 0.717) is 0 Å². The molecule has 0 heterocycles. The average molecular weight is 320 g/mol. The molecule has 0 aliphatic rings. The number of nitrogens with zero attached hydrogens (tertiary/aromatic N) is 1. The van der Waals surface area contributed by atoms with E-state index in [2.05, 4.69) is 27.7 Å². The van der Waals surface area contributed by atoms with Gasteiger partial charge in [-0.3, -0.25) is 0 Å². The highest BCUT2D eigenvalue weighted by molar-refractivity contribution is 4.51. The summed E-state index contributed by atoms with van der Waals surface area (Å²) in [5.41, 5.74) is 0. The Kier molecular flexibility index (Phi) is 18.6. The van der Waals surface area contributed by atoms with Crippen LogP contribution in [-0.4, -0.2) is 30.7 Å². The van der Waals surface area contributed by atoms with Gasteiger partial charge in [0.25, 0.3) is 0 Å². The number of hydrogen-bond donors (Lipinski definition) is 0. The Morgan fingerprint density at radius 1 is 0.429 bits per heavy atom. The van der Waals surface area contributed by atoms with Gasteiger partial charge in [0.1, 0.15) is 0 Å². The van der Waals surface area contributed by atoms with Gasteiger partial charge in [-0.25, -0.2) is 0 Å². The molecular weight excluding hydrogens is 278 g/mol. The van der Waals surface area contributed by atoms with Gasteiger partial charge in [0.15, 0.2) is 0 Å². The summed E-state index contributed by atoms with van der Waals surface area (Å²) in [4.78, 5) is 0. The second-order valence-corrected chi connectivity index (χ2v) is 6.71. The predicted molar refractivity (Wildman–Crippen MR) is 93.2 cm³/mol. The Labute approximate surface area is 141 Å². The molecule has 0 aromatic rings. The van der Waals surface area contributed by atoms with E-state index in [4.69, 9.17) is 0 Å². The van der Waals surface area contributed by atoms with Crippen molar-refractivity contribution in [2.75, 3.05) is 26.2 Å². The van der Waals surface area contributed by atoms with Gasteiger partial charge in [0.05, 0.1) is 26.2 Å². The Morgan fingerprint density at radius 3 is 1.14 bits per heavy atom. The maximum atomic E-state index is 2.34. The maximum Gasteiger partial charge on any atom is 0.0786 e. The van der Waals surface area contributed by atoms with Gasteiger partial charge < -0.3 is 16.9 Å². The molecule has 0 aromatic carbocycles. The van der Waals surface area contributed by atoms with Crippen molar-refractivity contribution in [1.82, 2.24) is 0 Å². The van der Waals surface area contributed by atoms with E-state index in [9.17, 15) is 0 Å². The SMILES string of the molecule is CCCCCCC[N+](CCCC)(CCCC)CCCC.[Cl-]. The first kappa shape index (κ1) is 23.5. The third kappa shape index (κ3) is 12.5. The third-order valence-corrected chi connectivity index (χ3v) is 4.69. The topological polar surface area (TPSA) is 0 Å². The fourth-order valence-electron chi connectivity index (χ4n) is 3.20. The van der Waals surface area contributed by atoms with Gasteiger partial charge in [0, 0.05) is 0 Å². The predicted octanol–water partition coefficient (Wildman–Crippen LogP) is 3.18. The molecular formula is C19H42ClN. The summed E-state index contributed by atoms with van der Waals surface area (Å²) in [6.45, 7) is 15.1. The lowest BCUT2D eigenvalue weighted by molar-refractivity contribution is -0.929. The van der Waals surface area contributed by atoms with Gasteiger partial charge >= 0.3 is 0 Å². The molecule has 0 saturated carbocycles. The van der Waals surface area contributed by atoms with E-state index in [-0.39, 0.29) is 12.4 Å². The highest BCUT2D eigenvalue weighted by Crippen LogP contribution is 2.17. The van der Waals surface area contributed by atoms with Gasteiger partial charge in [-0.05, 0) is 32.1 Å². The number of halogens is 1. The Bertz CT molecular complexity index is 172. The zero-order chi connectivity index (χ0) is 15.1. The molecule has 0 amide bonds. The Balaban J connectivity index is 0. The van der Waals surface area contributed by atoms with E-state index in [1.54, 1.807) is 0 Å². The lowest BCUT2D eigenvalue weighted by Gasteiger charge is -2.39. The van der Waals surface area contributed by atoms with Crippen molar-refractivity contribution in [2.24, 2.45) is 0 Å².